The molecule has 2 aromatic heterocycles. The van der Waals surface area contributed by atoms with Gasteiger partial charge in [-0.15, -0.1) is 0 Å². The smallest absolute Gasteiger partial charge is 0.267 e. The predicted molar refractivity (Wildman–Crippen MR) is 80.3 cm³/mol. The van der Waals surface area contributed by atoms with E-state index >= 15 is 0 Å². The summed E-state index contributed by atoms with van der Waals surface area (Å²) in [5, 5.41) is 3.05. The minimum atomic E-state index is -0.429. The van der Waals surface area contributed by atoms with Crippen LogP contribution in [-0.4, -0.2) is 15.6 Å². The highest BCUT2D eigenvalue weighted by molar-refractivity contribution is 5.97. The second-order valence-corrected chi connectivity index (χ2v) is 5.23. The quantitative estimate of drug-likeness (QED) is 0.777. The lowest BCUT2D eigenvalue weighted by atomic mass is 10.1. The van der Waals surface area contributed by atoms with Gasteiger partial charge in [0, 0.05) is 17.8 Å². The van der Waals surface area contributed by atoms with Gasteiger partial charge in [-0.1, -0.05) is 24.3 Å². The number of primary amides is 1. The topological polar surface area (TPSA) is 64.2 Å². The molecule has 2 N–H and O–H groups in total. The van der Waals surface area contributed by atoms with E-state index in [0.717, 1.165) is 24.0 Å². The van der Waals surface area contributed by atoms with E-state index in [1.807, 2.05) is 22.9 Å². The van der Waals surface area contributed by atoms with Gasteiger partial charge in [-0.3, -0.25) is 14.5 Å². The Morgan fingerprint density at radius 2 is 1.86 bits per heavy atom. The van der Waals surface area contributed by atoms with Gasteiger partial charge in [0.2, 0.25) is 0 Å². The number of aromatic nitrogens is 2. The van der Waals surface area contributed by atoms with E-state index in [4.69, 9.17) is 5.73 Å². The third-order valence-electron chi connectivity index (χ3n) is 3.94. The number of amides is 1. The molecule has 0 aliphatic carbocycles. The Hall–Kier alpha value is -2.82. The molecular formula is C16H14N4O. The van der Waals surface area contributed by atoms with Crippen LogP contribution >= 0.6 is 0 Å². The fourth-order valence-corrected chi connectivity index (χ4v) is 2.98. The van der Waals surface area contributed by atoms with Crippen LogP contribution in [0.3, 0.4) is 0 Å². The number of carbonyl (C=O) groups excluding carboxylic acids is 1. The number of pyridine rings is 1. The van der Waals surface area contributed by atoms with Crippen LogP contribution in [-0.2, 0) is 13.1 Å². The van der Waals surface area contributed by atoms with Gasteiger partial charge >= 0.3 is 0 Å². The number of fused-ring (bicyclic) bond motifs is 2. The summed E-state index contributed by atoms with van der Waals surface area (Å²) < 4.78 is 1.92. The maximum Gasteiger partial charge on any atom is 0.267 e. The van der Waals surface area contributed by atoms with Crippen LogP contribution in [0.25, 0.3) is 10.9 Å². The third-order valence-corrected chi connectivity index (χ3v) is 3.94. The van der Waals surface area contributed by atoms with Crippen molar-refractivity contribution in [3.63, 3.8) is 0 Å². The minimum absolute atomic E-state index is 0.429. The van der Waals surface area contributed by atoms with Gasteiger partial charge in [-0.2, -0.15) is 0 Å². The summed E-state index contributed by atoms with van der Waals surface area (Å²) in [6.45, 7) is 1.53. The Labute approximate surface area is 121 Å². The van der Waals surface area contributed by atoms with E-state index in [0.29, 0.717) is 5.69 Å². The van der Waals surface area contributed by atoms with E-state index in [1.165, 1.54) is 11.1 Å². The maximum atomic E-state index is 11.8. The van der Waals surface area contributed by atoms with E-state index in [9.17, 15) is 4.79 Å². The highest BCUT2D eigenvalue weighted by Gasteiger charge is 2.23. The summed E-state index contributed by atoms with van der Waals surface area (Å²) in [6, 6.07) is 12.0. The summed E-state index contributed by atoms with van der Waals surface area (Å²) in [5.41, 5.74) is 9.55. The normalized spacial score (nSPS) is 13.6. The van der Waals surface area contributed by atoms with Crippen LogP contribution in [0.2, 0.25) is 0 Å². The summed E-state index contributed by atoms with van der Waals surface area (Å²) in [7, 11) is 0. The molecule has 0 spiro atoms. The number of hydrogen-bond acceptors (Lipinski definition) is 3. The fourth-order valence-electron chi connectivity index (χ4n) is 2.98. The molecule has 21 heavy (non-hydrogen) atoms. The largest absolute Gasteiger partial charge is 0.364 e. The molecule has 3 heterocycles. The van der Waals surface area contributed by atoms with Gasteiger partial charge in [0.1, 0.15) is 5.69 Å². The van der Waals surface area contributed by atoms with Crippen molar-refractivity contribution >= 4 is 16.8 Å². The second-order valence-electron chi connectivity index (χ2n) is 5.23. The monoisotopic (exact) mass is 278 g/mol. The molecule has 0 saturated carbocycles. The lowest BCUT2D eigenvalue weighted by molar-refractivity contribution is 0.0991. The van der Waals surface area contributed by atoms with Crippen molar-refractivity contribution in [1.82, 2.24) is 9.66 Å². The van der Waals surface area contributed by atoms with Gasteiger partial charge < -0.3 is 10.7 Å². The maximum absolute atomic E-state index is 11.8. The summed E-state index contributed by atoms with van der Waals surface area (Å²) in [4.78, 5) is 15.9. The summed E-state index contributed by atoms with van der Waals surface area (Å²) in [6.07, 6.45) is 3.48. The van der Waals surface area contributed by atoms with Crippen molar-refractivity contribution in [1.29, 1.82) is 0 Å². The number of rotatable bonds is 2. The van der Waals surface area contributed by atoms with Crippen molar-refractivity contribution in [3.8, 4) is 0 Å². The number of hydrogen-bond donors (Lipinski definition) is 1. The lowest BCUT2D eigenvalue weighted by Gasteiger charge is -2.22. The molecule has 0 bridgehead atoms. The number of benzene rings is 1. The van der Waals surface area contributed by atoms with Crippen LogP contribution in [0.5, 0.6) is 0 Å². The molecule has 5 heteroatoms. The zero-order valence-electron chi connectivity index (χ0n) is 11.4. The average molecular weight is 278 g/mol. The predicted octanol–water partition coefficient (Wildman–Crippen LogP) is 1.79. The average Bonchev–Trinajstić information content (AvgIpc) is 3.07. The zero-order chi connectivity index (χ0) is 14.4. The first-order valence-corrected chi connectivity index (χ1v) is 6.81. The molecule has 1 aliphatic heterocycles. The van der Waals surface area contributed by atoms with Crippen LogP contribution in [0, 0.1) is 0 Å². The molecule has 0 radical (unpaired) electrons. The van der Waals surface area contributed by atoms with Crippen molar-refractivity contribution in [3.05, 3.63) is 65.6 Å². The SMILES string of the molecule is NC(=O)c1cc2cnccc2n1N1Cc2ccccc2C1. The van der Waals surface area contributed by atoms with Gasteiger partial charge in [0.05, 0.1) is 18.6 Å². The van der Waals surface area contributed by atoms with Crippen LogP contribution in [0.1, 0.15) is 21.6 Å². The molecule has 0 fully saturated rings. The molecule has 1 aliphatic rings. The van der Waals surface area contributed by atoms with Gasteiger partial charge in [0.25, 0.3) is 5.91 Å². The third kappa shape index (κ3) is 1.78. The lowest BCUT2D eigenvalue weighted by Crippen LogP contribution is -2.32. The molecule has 5 nitrogen and oxygen atoms in total. The van der Waals surface area contributed by atoms with Crippen molar-refractivity contribution in [2.45, 2.75) is 13.1 Å². The molecule has 1 aromatic carbocycles. The van der Waals surface area contributed by atoms with Crippen molar-refractivity contribution in [2.75, 3.05) is 5.01 Å². The molecular weight excluding hydrogens is 264 g/mol. The standard InChI is InChI=1S/C16H14N4O/c17-16(21)15-7-13-8-18-6-5-14(13)20(15)19-9-11-3-1-2-4-12(11)10-19/h1-8H,9-10H2,(H2,17,21). The van der Waals surface area contributed by atoms with Crippen LogP contribution in [0.4, 0.5) is 0 Å². The first-order chi connectivity index (χ1) is 10.2. The van der Waals surface area contributed by atoms with Crippen molar-refractivity contribution < 1.29 is 4.79 Å². The van der Waals surface area contributed by atoms with E-state index in [2.05, 4.69) is 22.1 Å². The minimum Gasteiger partial charge on any atom is -0.364 e. The first kappa shape index (κ1) is 12.0. The van der Waals surface area contributed by atoms with Gasteiger partial charge in [0.15, 0.2) is 0 Å². The summed E-state index contributed by atoms with van der Waals surface area (Å²) in [5.74, 6) is -0.429. The highest BCUT2D eigenvalue weighted by atomic mass is 16.1. The Morgan fingerprint density at radius 3 is 2.52 bits per heavy atom. The molecule has 3 aromatic rings. The number of carbonyl (C=O) groups is 1. The zero-order valence-corrected chi connectivity index (χ0v) is 11.4. The van der Waals surface area contributed by atoms with Crippen molar-refractivity contribution in [2.24, 2.45) is 5.73 Å². The number of nitrogens with zero attached hydrogens (tertiary/aromatic N) is 3. The Balaban J connectivity index is 1.87. The highest BCUT2D eigenvalue weighted by Crippen LogP contribution is 2.26. The van der Waals surface area contributed by atoms with Crippen LogP contribution in [0.15, 0.2) is 48.8 Å². The van der Waals surface area contributed by atoms with Gasteiger partial charge in [-0.25, -0.2) is 0 Å². The first-order valence-electron chi connectivity index (χ1n) is 6.81. The molecule has 0 saturated heterocycles. The molecule has 4 rings (SSSR count). The Kier molecular flexibility index (Phi) is 2.47. The number of nitrogens with two attached hydrogens (primary N) is 1. The second kappa shape index (κ2) is 4.34. The fraction of sp³-hybridized carbons (Fsp3) is 0.125. The molecule has 1 amide bonds. The molecule has 0 atom stereocenters. The van der Waals surface area contributed by atoms with E-state index < -0.39 is 5.91 Å². The Morgan fingerprint density at radius 1 is 1.14 bits per heavy atom. The van der Waals surface area contributed by atoms with E-state index in [1.54, 1.807) is 18.5 Å². The molecule has 0 unspecified atom stereocenters. The molecule has 104 valence electrons. The summed E-state index contributed by atoms with van der Waals surface area (Å²) >= 11 is 0. The van der Waals surface area contributed by atoms with Gasteiger partial charge in [-0.05, 0) is 23.3 Å². The van der Waals surface area contributed by atoms with E-state index in [-0.39, 0.29) is 0 Å². The Bertz CT molecular complexity index is 827. The van der Waals surface area contributed by atoms with Crippen LogP contribution < -0.4 is 10.7 Å².